The topological polar surface area (TPSA) is 98.3 Å². The molecule has 164 valence electrons. The van der Waals surface area contributed by atoms with Crippen molar-refractivity contribution >= 4 is 21.6 Å². The number of aromatic nitrogens is 2. The Balaban J connectivity index is 2.23. The van der Waals surface area contributed by atoms with E-state index in [1.165, 1.54) is 43.1 Å². The zero-order valence-corrected chi connectivity index (χ0v) is 17.0. The van der Waals surface area contributed by atoms with Crippen molar-refractivity contribution in [2.45, 2.75) is 18.0 Å². The molecule has 0 aliphatic carbocycles. The molecule has 3 rings (SSSR count). The standard InChI is InChI=1S/C19H16F4N4O3S/c1-11(28)26(2)13-5-8-16(20)15(9-13)17-10-18(19(21,22)23)25-27(17)12-3-6-14(7-4-12)31(24,29)30/h3-10H,1-2H3,(H2,24,29,30). The van der Waals surface area contributed by atoms with E-state index >= 15 is 0 Å². The molecule has 1 aromatic heterocycles. The fourth-order valence-corrected chi connectivity index (χ4v) is 3.30. The number of carbonyl (C=O) groups is 1. The predicted octanol–water partition coefficient (Wildman–Crippen LogP) is 3.33. The first kappa shape index (κ1) is 22.4. The molecule has 0 fully saturated rings. The van der Waals surface area contributed by atoms with Crippen molar-refractivity contribution in [2.75, 3.05) is 11.9 Å². The molecule has 3 aromatic rings. The normalized spacial score (nSPS) is 12.1. The first-order chi connectivity index (χ1) is 14.3. The van der Waals surface area contributed by atoms with Crippen LogP contribution in [0.5, 0.6) is 0 Å². The van der Waals surface area contributed by atoms with Crippen LogP contribution in [0.4, 0.5) is 23.2 Å². The van der Waals surface area contributed by atoms with Gasteiger partial charge in [0.1, 0.15) is 5.82 Å². The van der Waals surface area contributed by atoms with Gasteiger partial charge in [-0.3, -0.25) is 4.79 Å². The van der Waals surface area contributed by atoms with Crippen molar-refractivity contribution in [1.82, 2.24) is 9.78 Å². The number of sulfonamides is 1. The van der Waals surface area contributed by atoms with E-state index in [9.17, 15) is 30.8 Å². The van der Waals surface area contributed by atoms with Crippen LogP contribution in [0.15, 0.2) is 53.4 Å². The lowest BCUT2D eigenvalue weighted by atomic mass is 10.1. The van der Waals surface area contributed by atoms with Gasteiger partial charge >= 0.3 is 6.18 Å². The van der Waals surface area contributed by atoms with E-state index in [0.29, 0.717) is 6.07 Å². The Kier molecular flexibility index (Phi) is 5.63. The number of nitrogens with two attached hydrogens (primary N) is 1. The van der Waals surface area contributed by atoms with Crippen molar-refractivity contribution < 1.29 is 30.8 Å². The van der Waals surface area contributed by atoms with Crippen LogP contribution in [-0.2, 0) is 21.0 Å². The summed E-state index contributed by atoms with van der Waals surface area (Å²) in [6, 6.07) is 8.82. The fourth-order valence-electron chi connectivity index (χ4n) is 2.79. The molecule has 0 saturated heterocycles. The molecule has 7 nitrogen and oxygen atoms in total. The Morgan fingerprint density at radius 1 is 1.10 bits per heavy atom. The minimum atomic E-state index is -4.81. The summed E-state index contributed by atoms with van der Waals surface area (Å²) < 4.78 is 78.3. The molecule has 2 N–H and O–H groups in total. The van der Waals surface area contributed by atoms with Crippen molar-refractivity contribution in [3.05, 3.63) is 60.0 Å². The van der Waals surface area contributed by atoms with Crippen molar-refractivity contribution in [3.63, 3.8) is 0 Å². The summed E-state index contributed by atoms with van der Waals surface area (Å²) in [7, 11) is -2.58. The zero-order valence-electron chi connectivity index (χ0n) is 16.2. The second-order valence-electron chi connectivity index (χ2n) is 6.61. The lowest BCUT2D eigenvalue weighted by Gasteiger charge is -2.17. The summed E-state index contributed by atoms with van der Waals surface area (Å²) in [5, 5.41) is 8.57. The first-order valence-corrected chi connectivity index (χ1v) is 10.2. The molecule has 0 atom stereocenters. The number of amides is 1. The fraction of sp³-hybridized carbons (Fsp3) is 0.158. The van der Waals surface area contributed by atoms with Gasteiger partial charge in [-0.2, -0.15) is 18.3 Å². The molecule has 0 unspecified atom stereocenters. The molecule has 0 saturated carbocycles. The van der Waals surface area contributed by atoms with Crippen LogP contribution in [0, 0.1) is 5.82 Å². The summed E-state index contributed by atoms with van der Waals surface area (Å²) in [4.78, 5) is 12.6. The van der Waals surface area contributed by atoms with Crippen molar-refractivity contribution in [1.29, 1.82) is 0 Å². The van der Waals surface area contributed by atoms with Crippen LogP contribution in [0.1, 0.15) is 12.6 Å². The molecule has 0 aliphatic rings. The van der Waals surface area contributed by atoms with Crippen LogP contribution in [0.2, 0.25) is 0 Å². The van der Waals surface area contributed by atoms with Crippen LogP contribution in [-0.4, -0.2) is 31.2 Å². The van der Waals surface area contributed by atoms with Gasteiger partial charge in [0.2, 0.25) is 15.9 Å². The molecule has 1 heterocycles. The summed E-state index contributed by atoms with van der Waals surface area (Å²) >= 11 is 0. The summed E-state index contributed by atoms with van der Waals surface area (Å²) in [5.74, 6) is -1.20. The van der Waals surface area contributed by atoms with Crippen LogP contribution in [0.3, 0.4) is 0 Å². The molecule has 31 heavy (non-hydrogen) atoms. The highest BCUT2D eigenvalue weighted by atomic mass is 32.2. The Morgan fingerprint density at radius 3 is 2.23 bits per heavy atom. The van der Waals surface area contributed by atoms with Gasteiger partial charge in [0.15, 0.2) is 5.69 Å². The lowest BCUT2D eigenvalue weighted by molar-refractivity contribution is -0.141. The monoisotopic (exact) mass is 456 g/mol. The Labute approximate surface area is 174 Å². The Morgan fingerprint density at radius 2 is 1.71 bits per heavy atom. The largest absolute Gasteiger partial charge is 0.435 e. The number of benzene rings is 2. The second-order valence-corrected chi connectivity index (χ2v) is 8.17. The van der Waals surface area contributed by atoms with Crippen molar-refractivity contribution in [2.24, 2.45) is 5.14 Å². The van der Waals surface area contributed by atoms with Gasteiger partial charge in [0.05, 0.1) is 16.3 Å². The van der Waals surface area contributed by atoms with Gasteiger partial charge < -0.3 is 4.90 Å². The SMILES string of the molecule is CC(=O)N(C)c1ccc(F)c(-c2cc(C(F)(F)F)nn2-c2ccc(S(N)(=O)=O)cc2)c1. The van der Waals surface area contributed by atoms with Crippen LogP contribution < -0.4 is 10.0 Å². The third kappa shape index (κ3) is 4.59. The number of halogens is 4. The van der Waals surface area contributed by atoms with Gasteiger partial charge in [0, 0.05) is 25.2 Å². The Bertz CT molecular complexity index is 1250. The van der Waals surface area contributed by atoms with E-state index in [2.05, 4.69) is 5.10 Å². The minimum Gasteiger partial charge on any atom is -0.316 e. The van der Waals surface area contributed by atoms with Gasteiger partial charge in [-0.1, -0.05) is 0 Å². The molecule has 12 heteroatoms. The maximum Gasteiger partial charge on any atom is 0.435 e. The van der Waals surface area contributed by atoms with E-state index in [0.717, 1.165) is 22.9 Å². The molecule has 0 radical (unpaired) electrons. The van der Waals surface area contributed by atoms with Crippen LogP contribution >= 0.6 is 0 Å². The number of carbonyl (C=O) groups excluding carboxylic acids is 1. The van der Waals surface area contributed by atoms with Gasteiger partial charge in [-0.15, -0.1) is 0 Å². The van der Waals surface area contributed by atoms with Gasteiger partial charge in [0.25, 0.3) is 0 Å². The zero-order chi connectivity index (χ0) is 23.1. The average molecular weight is 456 g/mol. The van der Waals surface area contributed by atoms with E-state index in [-0.39, 0.29) is 33.4 Å². The lowest BCUT2D eigenvalue weighted by Crippen LogP contribution is -2.22. The van der Waals surface area contributed by atoms with E-state index < -0.39 is 27.7 Å². The third-order valence-electron chi connectivity index (χ3n) is 4.50. The molecular formula is C19H16F4N4O3S. The molecule has 0 spiro atoms. The highest BCUT2D eigenvalue weighted by molar-refractivity contribution is 7.89. The van der Waals surface area contributed by atoms with E-state index in [1.807, 2.05) is 0 Å². The second kappa shape index (κ2) is 7.78. The van der Waals surface area contributed by atoms with Gasteiger partial charge in [-0.05, 0) is 48.5 Å². The highest BCUT2D eigenvalue weighted by Gasteiger charge is 2.35. The summed E-state index contributed by atoms with van der Waals surface area (Å²) in [6.07, 6.45) is -4.81. The predicted molar refractivity (Wildman–Crippen MR) is 104 cm³/mol. The number of nitrogens with zero attached hydrogens (tertiary/aromatic N) is 3. The molecule has 0 bridgehead atoms. The summed E-state index contributed by atoms with van der Waals surface area (Å²) in [6.45, 7) is 1.28. The van der Waals surface area contributed by atoms with Crippen molar-refractivity contribution in [3.8, 4) is 16.9 Å². The molecule has 1 amide bonds. The number of rotatable bonds is 4. The number of alkyl halides is 3. The number of hydrogen-bond donors (Lipinski definition) is 1. The minimum absolute atomic E-state index is 0.0441. The van der Waals surface area contributed by atoms with E-state index in [4.69, 9.17) is 5.14 Å². The maximum absolute atomic E-state index is 14.6. The molecule has 2 aromatic carbocycles. The van der Waals surface area contributed by atoms with Gasteiger partial charge in [-0.25, -0.2) is 22.6 Å². The Hall–Kier alpha value is -3.25. The highest BCUT2D eigenvalue weighted by Crippen LogP contribution is 2.35. The average Bonchev–Trinajstić information content (AvgIpc) is 3.13. The maximum atomic E-state index is 14.6. The number of primary sulfonamides is 1. The summed E-state index contributed by atoms with van der Waals surface area (Å²) in [5.41, 5.74) is -1.45. The smallest absolute Gasteiger partial charge is 0.316 e. The number of anilines is 1. The van der Waals surface area contributed by atoms with E-state index in [1.54, 1.807) is 0 Å². The molecular weight excluding hydrogens is 440 g/mol. The third-order valence-corrected chi connectivity index (χ3v) is 5.42. The van der Waals surface area contributed by atoms with Crippen LogP contribution in [0.25, 0.3) is 16.9 Å². The first-order valence-electron chi connectivity index (χ1n) is 8.64. The number of hydrogen-bond acceptors (Lipinski definition) is 4. The quantitative estimate of drug-likeness (QED) is 0.609. The molecule has 0 aliphatic heterocycles.